The van der Waals surface area contributed by atoms with Crippen LogP contribution in [0.4, 0.5) is 0 Å². The average molecular weight is 210 g/mol. The average Bonchev–Trinajstić information content (AvgIpc) is 2.12. The third kappa shape index (κ3) is 1.94. The minimum atomic E-state index is 0.696. The molecule has 0 bridgehead atoms. The van der Waals surface area contributed by atoms with E-state index in [1.165, 1.54) is 18.4 Å². The number of hydrogen-bond acceptors (Lipinski definition) is 1. The van der Waals surface area contributed by atoms with Gasteiger partial charge in [0.2, 0.25) is 0 Å². The zero-order valence-corrected chi connectivity index (χ0v) is 9.22. The van der Waals surface area contributed by atoms with Crippen molar-refractivity contribution < 1.29 is 0 Å². The summed E-state index contributed by atoms with van der Waals surface area (Å²) in [6, 6.07) is 8.22. The van der Waals surface area contributed by atoms with Crippen molar-refractivity contribution in [2.24, 2.45) is 5.92 Å². The molecule has 1 fully saturated rings. The molecule has 1 aromatic rings. The van der Waals surface area contributed by atoms with E-state index in [0.717, 1.165) is 17.5 Å². The monoisotopic (exact) mass is 209 g/mol. The van der Waals surface area contributed by atoms with E-state index >= 15 is 0 Å². The fourth-order valence-electron chi connectivity index (χ4n) is 2.25. The summed E-state index contributed by atoms with van der Waals surface area (Å²) < 4.78 is 0. The van der Waals surface area contributed by atoms with Crippen LogP contribution < -0.4 is 5.32 Å². The first-order valence-electron chi connectivity index (χ1n) is 5.20. The van der Waals surface area contributed by atoms with Gasteiger partial charge in [-0.2, -0.15) is 0 Å². The first kappa shape index (κ1) is 10.0. The molecule has 1 aromatic carbocycles. The molecule has 14 heavy (non-hydrogen) atoms. The predicted octanol–water partition coefficient (Wildman–Crippen LogP) is 3.05. The minimum absolute atomic E-state index is 0.696. The molecule has 0 unspecified atom stereocenters. The highest BCUT2D eigenvalue weighted by Gasteiger charge is 2.30. The molecule has 0 amide bonds. The van der Waals surface area contributed by atoms with Crippen molar-refractivity contribution >= 4 is 11.6 Å². The summed E-state index contributed by atoms with van der Waals surface area (Å²) in [6.45, 7) is 1.14. The Labute approximate surface area is 90.5 Å². The van der Waals surface area contributed by atoms with Crippen LogP contribution in [0.5, 0.6) is 0 Å². The first-order valence-corrected chi connectivity index (χ1v) is 5.58. The summed E-state index contributed by atoms with van der Waals surface area (Å²) in [7, 11) is 2.02. The fraction of sp³-hybridized carbons (Fsp3) is 0.500. The Morgan fingerprint density at radius 2 is 2.07 bits per heavy atom. The van der Waals surface area contributed by atoms with Gasteiger partial charge >= 0.3 is 0 Å². The standard InChI is InChI=1S/C12H16ClN/c1-14-8-9-6-10(7-9)11-4-2-3-5-12(11)13/h2-5,9-10,14H,6-8H2,1H3. The largest absolute Gasteiger partial charge is 0.319 e. The van der Waals surface area contributed by atoms with Crippen molar-refractivity contribution in [1.29, 1.82) is 0 Å². The van der Waals surface area contributed by atoms with Gasteiger partial charge in [-0.25, -0.2) is 0 Å². The van der Waals surface area contributed by atoms with Crippen LogP contribution in [0, 0.1) is 5.92 Å². The molecule has 1 aliphatic rings. The summed E-state index contributed by atoms with van der Waals surface area (Å²) in [4.78, 5) is 0. The van der Waals surface area contributed by atoms with Crippen molar-refractivity contribution in [3.05, 3.63) is 34.9 Å². The van der Waals surface area contributed by atoms with Crippen LogP contribution in [0.2, 0.25) is 5.02 Å². The van der Waals surface area contributed by atoms with Crippen LogP contribution in [-0.2, 0) is 0 Å². The molecule has 0 saturated heterocycles. The quantitative estimate of drug-likeness (QED) is 0.807. The van der Waals surface area contributed by atoms with E-state index in [-0.39, 0.29) is 0 Å². The van der Waals surface area contributed by atoms with Crippen LogP contribution in [0.25, 0.3) is 0 Å². The lowest BCUT2D eigenvalue weighted by atomic mass is 9.71. The normalized spacial score (nSPS) is 25.9. The van der Waals surface area contributed by atoms with Crippen molar-refractivity contribution in [2.45, 2.75) is 18.8 Å². The van der Waals surface area contributed by atoms with Crippen LogP contribution >= 0.6 is 11.6 Å². The highest BCUT2D eigenvalue weighted by molar-refractivity contribution is 6.31. The second-order valence-corrected chi connectivity index (χ2v) is 4.52. The minimum Gasteiger partial charge on any atom is -0.319 e. The Bertz CT molecular complexity index is 305. The molecule has 2 heteroatoms. The van der Waals surface area contributed by atoms with Gasteiger partial charge in [0.05, 0.1) is 0 Å². The molecule has 0 radical (unpaired) electrons. The molecule has 1 nitrogen and oxygen atoms in total. The molecule has 1 N–H and O–H groups in total. The Morgan fingerprint density at radius 1 is 1.36 bits per heavy atom. The van der Waals surface area contributed by atoms with Gasteiger partial charge in [0.25, 0.3) is 0 Å². The molecular formula is C12H16ClN. The van der Waals surface area contributed by atoms with Gasteiger partial charge < -0.3 is 5.32 Å². The molecule has 76 valence electrons. The molecule has 0 aliphatic heterocycles. The van der Waals surface area contributed by atoms with Gasteiger partial charge in [-0.15, -0.1) is 0 Å². The Kier molecular flexibility index (Phi) is 3.09. The summed E-state index contributed by atoms with van der Waals surface area (Å²) in [5.74, 6) is 1.54. The van der Waals surface area contributed by atoms with Gasteiger partial charge in [0, 0.05) is 5.02 Å². The van der Waals surface area contributed by atoms with E-state index < -0.39 is 0 Å². The lowest BCUT2D eigenvalue weighted by Crippen LogP contribution is -2.30. The Hall–Kier alpha value is -0.530. The second-order valence-electron chi connectivity index (χ2n) is 4.11. The SMILES string of the molecule is CNCC1CC(c2ccccc2Cl)C1. The zero-order chi connectivity index (χ0) is 9.97. The highest BCUT2D eigenvalue weighted by atomic mass is 35.5. The van der Waals surface area contributed by atoms with E-state index in [9.17, 15) is 0 Å². The smallest absolute Gasteiger partial charge is 0.0440 e. The fourth-order valence-corrected chi connectivity index (χ4v) is 2.54. The highest BCUT2D eigenvalue weighted by Crippen LogP contribution is 2.43. The van der Waals surface area contributed by atoms with Crippen molar-refractivity contribution in [3.8, 4) is 0 Å². The van der Waals surface area contributed by atoms with Gasteiger partial charge in [-0.1, -0.05) is 29.8 Å². The topological polar surface area (TPSA) is 12.0 Å². The molecule has 1 aliphatic carbocycles. The Balaban J connectivity index is 1.96. The predicted molar refractivity (Wildman–Crippen MR) is 60.8 cm³/mol. The molecule has 0 atom stereocenters. The number of hydrogen-bond donors (Lipinski definition) is 1. The number of nitrogens with one attached hydrogen (secondary N) is 1. The Morgan fingerprint density at radius 3 is 2.71 bits per heavy atom. The van der Waals surface area contributed by atoms with Crippen molar-refractivity contribution in [1.82, 2.24) is 5.32 Å². The van der Waals surface area contributed by atoms with E-state index in [2.05, 4.69) is 17.4 Å². The van der Waals surface area contributed by atoms with Gasteiger partial charge in [0.1, 0.15) is 0 Å². The summed E-state index contributed by atoms with van der Waals surface area (Å²) in [5, 5.41) is 4.15. The zero-order valence-electron chi connectivity index (χ0n) is 8.46. The number of rotatable bonds is 3. The molecule has 2 rings (SSSR count). The molecule has 0 heterocycles. The lowest BCUT2D eigenvalue weighted by Gasteiger charge is -2.36. The van der Waals surface area contributed by atoms with E-state index in [1.54, 1.807) is 0 Å². The van der Waals surface area contributed by atoms with Gasteiger partial charge in [-0.05, 0) is 49.9 Å². The summed E-state index contributed by atoms with van der Waals surface area (Å²) in [6.07, 6.45) is 2.56. The summed E-state index contributed by atoms with van der Waals surface area (Å²) in [5.41, 5.74) is 1.33. The molecule has 0 aromatic heterocycles. The summed E-state index contributed by atoms with van der Waals surface area (Å²) >= 11 is 6.14. The van der Waals surface area contributed by atoms with Crippen LogP contribution in [0.3, 0.4) is 0 Å². The van der Waals surface area contributed by atoms with Crippen LogP contribution in [0.1, 0.15) is 24.3 Å². The van der Waals surface area contributed by atoms with Crippen molar-refractivity contribution in [2.75, 3.05) is 13.6 Å². The second kappa shape index (κ2) is 4.33. The van der Waals surface area contributed by atoms with Crippen LogP contribution in [0.15, 0.2) is 24.3 Å². The number of benzene rings is 1. The number of halogens is 1. The van der Waals surface area contributed by atoms with E-state index in [4.69, 9.17) is 11.6 Å². The van der Waals surface area contributed by atoms with E-state index in [0.29, 0.717) is 5.92 Å². The maximum Gasteiger partial charge on any atom is 0.0440 e. The molecular weight excluding hydrogens is 194 g/mol. The molecule has 1 saturated carbocycles. The van der Waals surface area contributed by atoms with Crippen molar-refractivity contribution in [3.63, 3.8) is 0 Å². The van der Waals surface area contributed by atoms with Gasteiger partial charge in [-0.3, -0.25) is 0 Å². The maximum absolute atomic E-state index is 6.14. The van der Waals surface area contributed by atoms with E-state index in [1.807, 2.05) is 19.2 Å². The third-order valence-corrected chi connectivity index (χ3v) is 3.42. The third-order valence-electron chi connectivity index (χ3n) is 3.07. The van der Waals surface area contributed by atoms with Gasteiger partial charge in [0.15, 0.2) is 0 Å². The van der Waals surface area contributed by atoms with Crippen LogP contribution in [-0.4, -0.2) is 13.6 Å². The first-order chi connectivity index (χ1) is 6.81. The lowest BCUT2D eigenvalue weighted by molar-refractivity contribution is 0.259. The maximum atomic E-state index is 6.14. The molecule has 0 spiro atoms.